The van der Waals surface area contributed by atoms with E-state index < -0.39 is 10.0 Å². The molecule has 1 saturated heterocycles. The van der Waals surface area contributed by atoms with Gasteiger partial charge in [-0.3, -0.25) is 4.79 Å². The quantitative estimate of drug-likeness (QED) is 0.756. The van der Waals surface area contributed by atoms with E-state index in [1.54, 1.807) is 0 Å². The number of rotatable bonds is 5. The number of hydrogen-bond donors (Lipinski definition) is 0. The Hall–Kier alpha value is -1.71. The predicted molar refractivity (Wildman–Crippen MR) is 106 cm³/mol. The van der Waals surface area contributed by atoms with Crippen LogP contribution in [0.5, 0.6) is 5.75 Å². The summed E-state index contributed by atoms with van der Waals surface area (Å²) in [7, 11) is -3.29. The molecule has 7 nitrogen and oxygen atoms in total. The van der Waals surface area contributed by atoms with Gasteiger partial charge in [0.2, 0.25) is 10.0 Å². The van der Waals surface area contributed by atoms with Crippen molar-refractivity contribution in [3.8, 4) is 5.75 Å². The number of piperidine rings is 1. The lowest BCUT2D eigenvalue weighted by molar-refractivity contribution is -0.122. The highest BCUT2D eigenvalue weighted by molar-refractivity contribution is 7.88. The minimum absolute atomic E-state index is 0.215. The van der Waals surface area contributed by atoms with Crippen molar-refractivity contribution in [3.05, 3.63) is 23.0 Å². The number of ether oxygens (including phenoxy) is 1. The van der Waals surface area contributed by atoms with Gasteiger partial charge in [0.15, 0.2) is 4.80 Å². The van der Waals surface area contributed by atoms with Crippen LogP contribution in [0.4, 0.5) is 0 Å². The number of nitrogens with zero attached hydrogens (tertiary/aromatic N) is 3. The summed E-state index contributed by atoms with van der Waals surface area (Å²) in [5, 5.41) is 0. The zero-order chi connectivity index (χ0) is 19.6. The van der Waals surface area contributed by atoms with E-state index >= 15 is 0 Å². The second kappa shape index (κ2) is 8.12. The molecule has 1 atom stereocenters. The average molecular weight is 412 g/mol. The van der Waals surface area contributed by atoms with Crippen LogP contribution in [0.15, 0.2) is 23.2 Å². The molecule has 2 heterocycles. The molecule has 9 heteroatoms. The fourth-order valence-corrected chi connectivity index (χ4v) is 5.37. The number of benzene rings is 1. The summed E-state index contributed by atoms with van der Waals surface area (Å²) in [5.74, 6) is 0.161. The molecule has 1 aliphatic rings. The van der Waals surface area contributed by atoms with E-state index in [1.807, 2.05) is 36.6 Å². The lowest BCUT2D eigenvalue weighted by atomic mass is 9.99. The fraction of sp³-hybridized carbons (Fsp3) is 0.556. The van der Waals surface area contributed by atoms with Crippen molar-refractivity contribution < 1.29 is 17.9 Å². The van der Waals surface area contributed by atoms with Gasteiger partial charge in [-0.2, -0.15) is 4.99 Å². The molecule has 148 valence electrons. The molecule has 1 aromatic heterocycles. The summed E-state index contributed by atoms with van der Waals surface area (Å²) >= 11 is 1.45. The largest absolute Gasteiger partial charge is 0.494 e. The Morgan fingerprint density at radius 2 is 2.15 bits per heavy atom. The first-order chi connectivity index (χ1) is 12.8. The van der Waals surface area contributed by atoms with Gasteiger partial charge in [0.05, 0.1) is 29.0 Å². The molecule has 0 saturated carbocycles. The number of carbonyl (C=O) groups is 1. The van der Waals surface area contributed by atoms with Crippen LogP contribution >= 0.6 is 11.3 Å². The van der Waals surface area contributed by atoms with Crippen molar-refractivity contribution in [1.82, 2.24) is 8.87 Å². The Labute approximate surface area is 163 Å². The molecule has 0 bridgehead atoms. The van der Waals surface area contributed by atoms with Crippen molar-refractivity contribution in [1.29, 1.82) is 0 Å². The van der Waals surface area contributed by atoms with Crippen molar-refractivity contribution in [3.63, 3.8) is 0 Å². The summed E-state index contributed by atoms with van der Waals surface area (Å²) in [6.45, 7) is 5.93. The molecular weight excluding hydrogens is 386 g/mol. The van der Waals surface area contributed by atoms with Gasteiger partial charge in [-0.05, 0) is 44.9 Å². The SMILES string of the molecule is CCOc1ccc2c(c1)sc(=NC(=O)C1CCCN(S(C)(=O)=O)C1)n2CC. The van der Waals surface area contributed by atoms with Crippen molar-refractivity contribution in [2.24, 2.45) is 10.9 Å². The van der Waals surface area contributed by atoms with Crippen molar-refractivity contribution in [2.45, 2.75) is 33.2 Å². The third kappa shape index (κ3) is 4.41. The summed E-state index contributed by atoms with van der Waals surface area (Å²) in [6.07, 6.45) is 2.53. The third-order valence-corrected chi connectivity index (χ3v) is 7.00. The van der Waals surface area contributed by atoms with E-state index in [9.17, 15) is 13.2 Å². The van der Waals surface area contributed by atoms with Crippen LogP contribution in [-0.2, 0) is 21.4 Å². The third-order valence-electron chi connectivity index (χ3n) is 4.69. The molecule has 1 fully saturated rings. The van der Waals surface area contributed by atoms with E-state index in [2.05, 4.69) is 4.99 Å². The first-order valence-corrected chi connectivity index (χ1v) is 11.8. The van der Waals surface area contributed by atoms with Gasteiger partial charge >= 0.3 is 0 Å². The second-order valence-electron chi connectivity index (χ2n) is 6.60. The number of carbonyl (C=O) groups excluding carboxylic acids is 1. The number of amides is 1. The molecule has 27 heavy (non-hydrogen) atoms. The van der Waals surface area contributed by atoms with Gasteiger partial charge in [0.25, 0.3) is 5.91 Å². The van der Waals surface area contributed by atoms with Gasteiger partial charge < -0.3 is 9.30 Å². The Morgan fingerprint density at radius 1 is 1.37 bits per heavy atom. The van der Waals surface area contributed by atoms with E-state index in [0.29, 0.717) is 37.3 Å². The topological polar surface area (TPSA) is 81.0 Å². The van der Waals surface area contributed by atoms with E-state index in [0.717, 1.165) is 16.0 Å². The standard InChI is InChI=1S/C18H25N3O4S2/c1-4-21-15-9-8-14(25-5-2)11-16(15)26-18(21)19-17(22)13-7-6-10-20(12-13)27(3,23)24/h8-9,11,13H,4-7,10,12H2,1-3H3. The summed E-state index contributed by atoms with van der Waals surface area (Å²) in [6, 6.07) is 5.86. The highest BCUT2D eigenvalue weighted by Crippen LogP contribution is 2.24. The Bertz CT molecular complexity index is 1010. The maximum absolute atomic E-state index is 12.7. The number of hydrogen-bond acceptors (Lipinski definition) is 5. The number of aromatic nitrogens is 1. The van der Waals surface area contributed by atoms with Gasteiger partial charge in [-0.1, -0.05) is 11.3 Å². The van der Waals surface area contributed by atoms with E-state index in [4.69, 9.17) is 4.74 Å². The maximum Gasteiger partial charge on any atom is 0.252 e. The Kier molecular flexibility index (Phi) is 6.02. The molecule has 0 radical (unpaired) electrons. The van der Waals surface area contributed by atoms with Crippen LogP contribution < -0.4 is 9.54 Å². The molecule has 0 aliphatic carbocycles. The van der Waals surface area contributed by atoms with E-state index in [-0.39, 0.29) is 18.4 Å². The normalized spacial score (nSPS) is 19.5. The van der Waals surface area contributed by atoms with Crippen molar-refractivity contribution in [2.75, 3.05) is 26.0 Å². The number of thiazole rings is 1. The molecule has 1 aromatic carbocycles. The monoisotopic (exact) mass is 411 g/mol. The van der Waals surface area contributed by atoms with Crippen LogP contribution in [-0.4, -0.2) is 49.1 Å². The second-order valence-corrected chi connectivity index (χ2v) is 9.59. The first kappa shape index (κ1) is 20.0. The molecule has 1 amide bonds. The minimum Gasteiger partial charge on any atom is -0.494 e. The highest BCUT2D eigenvalue weighted by Gasteiger charge is 2.30. The summed E-state index contributed by atoms with van der Waals surface area (Å²) in [4.78, 5) is 17.7. The van der Waals surface area contributed by atoms with Gasteiger partial charge in [-0.25, -0.2) is 12.7 Å². The minimum atomic E-state index is -3.29. The molecule has 3 rings (SSSR count). The van der Waals surface area contributed by atoms with Gasteiger partial charge in [-0.15, -0.1) is 0 Å². The van der Waals surface area contributed by atoms with Crippen LogP contribution in [0.25, 0.3) is 10.2 Å². The molecule has 1 aliphatic heterocycles. The fourth-order valence-electron chi connectivity index (χ4n) is 3.33. The summed E-state index contributed by atoms with van der Waals surface area (Å²) in [5.41, 5.74) is 1.01. The smallest absolute Gasteiger partial charge is 0.252 e. The van der Waals surface area contributed by atoms with Crippen molar-refractivity contribution >= 4 is 37.5 Å². The van der Waals surface area contributed by atoms with E-state index in [1.165, 1.54) is 21.9 Å². The Balaban J connectivity index is 1.93. The average Bonchev–Trinajstić information content (AvgIpc) is 2.97. The highest BCUT2D eigenvalue weighted by atomic mass is 32.2. The number of sulfonamides is 1. The molecule has 1 unspecified atom stereocenters. The molecule has 0 N–H and O–H groups in total. The zero-order valence-electron chi connectivity index (χ0n) is 15.8. The number of aryl methyl sites for hydroxylation is 1. The molecule has 0 spiro atoms. The van der Waals surface area contributed by atoms with Gasteiger partial charge in [0.1, 0.15) is 5.75 Å². The van der Waals surface area contributed by atoms with Crippen LogP contribution in [0.2, 0.25) is 0 Å². The Morgan fingerprint density at radius 3 is 2.81 bits per heavy atom. The zero-order valence-corrected chi connectivity index (χ0v) is 17.5. The summed E-state index contributed by atoms with van der Waals surface area (Å²) < 4.78 is 33.5. The predicted octanol–water partition coefficient (Wildman–Crippen LogP) is 2.22. The van der Waals surface area contributed by atoms with Crippen LogP contribution in [0.1, 0.15) is 26.7 Å². The van der Waals surface area contributed by atoms with Crippen LogP contribution in [0.3, 0.4) is 0 Å². The maximum atomic E-state index is 12.7. The molecular formula is C18H25N3O4S2. The van der Waals surface area contributed by atoms with Crippen LogP contribution in [0, 0.1) is 5.92 Å². The lowest BCUT2D eigenvalue weighted by Gasteiger charge is -2.28. The lowest BCUT2D eigenvalue weighted by Crippen LogP contribution is -2.41. The first-order valence-electron chi connectivity index (χ1n) is 9.13. The van der Waals surface area contributed by atoms with Gasteiger partial charge in [0, 0.05) is 19.6 Å². The molecule has 2 aromatic rings. The number of fused-ring (bicyclic) bond motifs is 1.